The summed E-state index contributed by atoms with van der Waals surface area (Å²) in [7, 11) is 2.57. The van der Waals surface area contributed by atoms with Gasteiger partial charge in [0.2, 0.25) is 0 Å². The van der Waals surface area contributed by atoms with Gasteiger partial charge in [0, 0.05) is 5.92 Å². The summed E-state index contributed by atoms with van der Waals surface area (Å²) in [5.41, 5.74) is -0.173. The van der Waals surface area contributed by atoms with Crippen LogP contribution < -0.4 is 0 Å². The van der Waals surface area contributed by atoms with Crippen molar-refractivity contribution in [1.29, 1.82) is 0 Å². The minimum absolute atomic E-state index is 0.136. The third kappa shape index (κ3) is 1.69. The average Bonchev–Trinajstić information content (AvgIpc) is 3.14. The SMILES string of the molecule is COC(=O)C1(C(=O)OC)C[C@@H]1c1ccccc1. The van der Waals surface area contributed by atoms with E-state index in [0.29, 0.717) is 6.42 Å². The first kappa shape index (κ1) is 11.6. The van der Waals surface area contributed by atoms with E-state index in [1.165, 1.54) is 14.2 Å². The molecule has 4 heteroatoms. The second kappa shape index (κ2) is 4.20. The largest absolute Gasteiger partial charge is 0.468 e. The summed E-state index contributed by atoms with van der Waals surface area (Å²) in [5.74, 6) is -1.17. The van der Waals surface area contributed by atoms with E-state index < -0.39 is 17.4 Å². The number of ether oxygens (including phenoxy) is 2. The van der Waals surface area contributed by atoms with Crippen LogP contribution in [0.5, 0.6) is 0 Å². The molecule has 0 bridgehead atoms. The van der Waals surface area contributed by atoms with Gasteiger partial charge in [-0.25, -0.2) is 0 Å². The molecule has 1 aliphatic rings. The molecule has 0 unspecified atom stereocenters. The number of carbonyl (C=O) groups is 2. The minimum atomic E-state index is -1.13. The topological polar surface area (TPSA) is 52.6 Å². The highest BCUT2D eigenvalue weighted by atomic mass is 16.5. The molecule has 0 aromatic heterocycles. The molecule has 1 atom stereocenters. The first-order chi connectivity index (χ1) is 8.16. The van der Waals surface area contributed by atoms with Gasteiger partial charge in [0.25, 0.3) is 0 Å². The molecule has 1 aromatic carbocycles. The lowest BCUT2D eigenvalue weighted by Gasteiger charge is -2.12. The van der Waals surface area contributed by atoms with Crippen LogP contribution in [0.3, 0.4) is 0 Å². The molecule has 4 nitrogen and oxygen atoms in total. The zero-order chi connectivity index (χ0) is 12.5. The Morgan fingerprint density at radius 2 is 1.65 bits per heavy atom. The van der Waals surface area contributed by atoms with Crippen LogP contribution in [0.25, 0.3) is 0 Å². The predicted molar refractivity (Wildman–Crippen MR) is 60.3 cm³/mol. The van der Waals surface area contributed by atoms with Crippen molar-refractivity contribution in [2.45, 2.75) is 12.3 Å². The summed E-state index contributed by atoms with van der Waals surface area (Å²) in [4.78, 5) is 23.5. The maximum atomic E-state index is 11.8. The zero-order valence-electron chi connectivity index (χ0n) is 9.80. The summed E-state index contributed by atoms with van der Waals surface area (Å²) in [6.07, 6.45) is 0.455. The quantitative estimate of drug-likeness (QED) is 0.587. The van der Waals surface area contributed by atoms with Crippen molar-refractivity contribution < 1.29 is 19.1 Å². The average molecular weight is 234 g/mol. The summed E-state index contributed by atoms with van der Waals surface area (Å²) < 4.78 is 9.42. The third-order valence-corrected chi connectivity index (χ3v) is 3.26. The number of carbonyl (C=O) groups excluding carboxylic acids is 2. The highest BCUT2D eigenvalue weighted by molar-refractivity contribution is 6.05. The van der Waals surface area contributed by atoms with Gasteiger partial charge in [0.15, 0.2) is 5.41 Å². The third-order valence-electron chi connectivity index (χ3n) is 3.26. The fraction of sp³-hybridized carbons (Fsp3) is 0.385. The zero-order valence-corrected chi connectivity index (χ0v) is 9.80. The van der Waals surface area contributed by atoms with E-state index in [1.807, 2.05) is 30.3 Å². The van der Waals surface area contributed by atoms with Crippen LogP contribution in [0, 0.1) is 5.41 Å². The summed E-state index contributed by atoms with van der Waals surface area (Å²) in [6, 6.07) is 9.46. The van der Waals surface area contributed by atoms with Crippen LogP contribution in [-0.4, -0.2) is 26.2 Å². The van der Waals surface area contributed by atoms with E-state index in [9.17, 15) is 9.59 Å². The number of methoxy groups -OCH3 is 2. The molecule has 90 valence electrons. The number of benzene rings is 1. The van der Waals surface area contributed by atoms with Gasteiger partial charge < -0.3 is 9.47 Å². The van der Waals surface area contributed by atoms with Gasteiger partial charge in [-0.1, -0.05) is 30.3 Å². The van der Waals surface area contributed by atoms with E-state index in [-0.39, 0.29) is 5.92 Å². The van der Waals surface area contributed by atoms with Gasteiger partial charge >= 0.3 is 11.9 Å². The second-order valence-electron chi connectivity index (χ2n) is 4.12. The summed E-state index contributed by atoms with van der Waals surface area (Å²) in [6.45, 7) is 0. The molecular weight excluding hydrogens is 220 g/mol. The first-order valence-corrected chi connectivity index (χ1v) is 5.38. The van der Waals surface area contributed by atoms with Gasteiger partial charge in [-0.05, 0) is 12.0 Å². The minimum Gasteiger partial charge on any atom is -0.468 e. The molecule has 0 spiro atoms. The molecule has 17 heavy (non-hydrogen) atoms. The Hall–Kier alpha value is -1.84. The predicted octanol–water partition coefficient (Wildman–Crippen LogP) is 1.51. The van der Waals surface area contributed by atoms with Gasteiger partial charge in [0.1, 0.15) is 0 Å². The molecule has 0 amide bonds. The van der Waals surface area contributed by atoms with Crippen molar-refractivity contribution in [2.24, 2.45) is 5.41 Å². The monoisotopic (exact) mass is 234 g/mol. The fourth-order valence-electron chi connectivity index (χ4n) is 2.25. The molecule has 1 aromatic rings. The van der Waals surface area contributed by atoms with E-state index >= 15 is 0 Å². The normalized spacial score (nSPS) is 20.5. The maximum absolute atomic E-state index is 11.8. The summed E-state index contributed by atoms with van der Waals surface area (Å²) >= 11 is 0. The lowest BCUT2D eigenvalue weighted by molar-refractivity contribution is -0.161. The van der Waals surface area contributed by atoms with Crippen molar-refractivity contribution in [2.75, 3.05) is 14.2 Å². The van der Waals surface area contributed by atoms with Gasteiger partial charge in [-0.2, -0.15) is 0 Å². The van der Waals surface area contributed by atoms with Crippen molar-refractivity contribution >= 4 is 11.9 Å². The lowest BCUT2D eigenvalue weighted by Crippen LogP contribution is -2.30. The number of hydrogen-bond donors (Lipinski definition) is 0. The Kier molecular flexibility index (Phi) is 2.88. The molecular formula is C13H14O4. The Morgan fingerprint density at radius 1 is 1.12 bits per heavy atom. The van der Waals surface area contributed by atoms with E-state index in [4.69, 9.17) is 9.47 Å². The molecule has 0 radical (unpaired) electrons. The van der Waals surface area contributed by atoms with Crippen LogP contribution in [0.15, 0.2) is 30.3 Å². The van der Waals surface area contributed by atoms with Crippen molar-refractivity contribution in [3.63, 3.8) is 0 Å². The maximum Gasteiger partial charge on any atom is 0.323 e. The first-order valence-electron chi connectivity index (χ1n) is 5.38. The number of rotatable bonds is 3. The van der Waals surface area contributed by atoms with E-state index in [2.05, 4.69) is 0 Å². The van der Waals surface area contributed by atoms with Gasteiger partial charge in [-0.15, -0.1) is 0 Å². The summed E-state index contributed by atoms with van der Waals surface area (Å²) in [5, 5.41) is 0. The standard InChI is InChI=1S/C13H14O4/c1-16-11(14)13(12(15)17-2)8-10(13)9-6-4-3-5-7-9/h3-7,10H,8H2,1-2H3/t10-/m1/s1. The Balaban J connectivity index is 2.30. The molecule has 1 saturated carbocycles. The molecule has 0 saturated heterocycles. The molecule has 0 heterocycles. The van der Waals surface area contributed by atoms with Crippen LogP contribution in [0.4, 0.5) is 0 Å². The second-order valence-corrected chi connectivity index (χ2v) is 4.12. The van der Waals surface area contributed by atoms with E-state index in [0.717, 1.165) is 5.56 Å². The Morgan fingerprint density at radius 3 is 2.12 bits per heavy atom. The molecule has 1 fully saturated rings. The van der Waals surface area contributed by atoms with Gasteiger partial charge in [0.05, 0.1) is 14.2 Å². The van der Waals surface area contributed by atoms with Crippen molar-refractivity contribution in [3.05, 3.63) is 35.9 Å². The van der Waals surface area contributed by atoms with Crippen LogP contribution >= 0.6 is 0 Å². The van der Waals surface area contributed by atoms with Crippen LogP contribution in [0.1, 0.15) is 17.9 Å². The molecule has 1 aliphatic carbocycles. The fourth-order valence-corrected chi connectivity index (χ4v) is 2.25. The lowest BCUT2D eigenvalue weighted by atomic mass is 9.99. The highest BCUT2D eigenvalue weighted by Crippen LogP contribution is 2.60. The molecule has 0 N–H and O–H groups in total. The van der Waals surface area contributed by atoms with Crippen LogP contribution in [0.2, 0.25) is 0 Å². The molecule has 0 aliphatic heterocycles. The van der Waals surface area contributed by atoms with Crippen molar-refractivity contribution in [1.82, 2.24) is 0 Å². The van der Waals surface area contributed by atoms with E-state index in [1.54, 1.807) is 0 Å². The Labute approximate surface area is 99.5 Å². The highest BCUT2D eigenvalue weighted by Gasteiger charge is 2.68. The smallest absolute Gasteiger partial charge is 0.323 e. The van der Waals surface area contributed by atoms with Gasteiger partial charge in [-0.3, -0.25) is 9.59 Å². The van der Waals surface area contributed by atoms with Crippen molar-refractivity contribution in [3.8, 4) is 0 Å². The van der Waals surface area contributed by atoms with Crippen LogP contribution in [-0.2, 0) is 19.1 Å². The number of esters is 2. The molecule has 2 rings (SSSR count). The number of hydrogen-bond acceptors (Lipinski definition) is 4. The Bertz CT molecular complexity index is 422.